The lowest BCUT2D eigenvalue weighted by Gasteiger charge is -2.47. The number of aromatic amines is 1. The summed E-state index contributed by atoms with van der Waals surface area (Å²) in [5, 5.41) is 14.0. The number of hydrogen-bond donors (Lipinski definition) is 3. The number of benzene rings is 1. The Kier molecular flexibility index (Phi) is 5.61. The van der Waals surface area contributed by atoms with E-state index in [1.54, 1.807) is 12.3 Å². The predicted octanol–water partition coefficient (Wildman–Crippen LogP) is 4.86. The number of anilines is 1. The maximum Gasteiger partial charge on any atom is 0.308 e. The van der Waals surface area contributed by atoms with Crippen LogP contribution in [0.1, 0.15) is 36.9 Å². The third kappa shape index (κ3) is 4.17. The number of H-pyrrole nitrogens is 1. The molecule has 0 amide bonds. The van der Waals surface area contributed by atoms with E-state index >= 15 is 0 Å². The van der Waals surface area contributed by atoms with Crippen molar-refractivity contribution in [2.24, 2.45) is 17.8 Å². The number of pyridine rings is 1. The molecule has 3 aromatic heterocycles. The van der Waals surface area contributed by atoms with Crippen LogP contribution >= 0.6 is 0 Å². The smallest absolute Gasteiger partial charge is 0.308 e. The highest BCUT2D eigenvalue weighted by Gasteiger charge is 2.47. The predicted molar refractivity (Wildman–Crippen MR) is 133 cm³/mol. The molecule has 8 heteroatoms. The average Bonchev–Trinajstić information content (AvgIpc) is 3.31. The Morgan fingerprint density at radius 3 is 2.61 bits per heavy atom. The first-order valence-electron chi connectivity index (χ1n) is 12.1. The molecular formula is C28H24FN5O2. The van der Waals surface area contributed by atoms with Crippen LogP contribution in [0.5, 0.6) is 0 Å². The Hall–Kier alpha value is -4.25. The minimum atomic E-state index is -0.765. The van der Waals surface area contributed by atoms with Crippen molar-refractivity contribution < 1.29 is 14.3 Å². The number of carbonyl (C=O) groups is 1. The SMILES string of the molecule is O=C(O)C1C2CCC(CC2)C1Nc1cc(C#Cc2ccccc2)nc(-c2c[nH]c3ncc(F)cc23)n1. The second-order valence-corrected chi connectivity index (χ2v) is 9.54. The summed E-state index contributed by atoms with van der Waals surface area (Å²) >= 11 is 0. The lowest BCUT2D eigenvalue weighted by Crippen LogP contribution is -2.51. The first kappa shape index (κ1) is 22.2. The highest BCUT2D eigenvalue weighted by molar-refractivity contribution is 5.91. The molecule has 2 bridgehead atoms. The number of nitrogens with zero attached hydrogens (tertiary/aromatic N) is 3. The van der Waals surface area contributed by atoms with Crippen molar-refractivity contribution in [3.8, 4) is 23.2 Å². The molecule has 7 rings (SSSR count). The summed E-state index contributed by atoms with van der Waals surface area (Å²) in [5.74, 6) is 5.88. The van der Waals surface area contributed by atoms with Crippen LogP contribution < -0.4 is 5.32 Å². The standard InChI is InChI=1S/C28H24FN5O2/c29-19-12-21-22(15-31-26(21)30-14-19)27-32-20(11-6-16-4-2-1-3-5-16)13-23(34-27)33-25-18-9-7-17(8-10-18)24(25)28(35)36/h1-5,12-15,17-18,24-25H,7-10H2,(H,30,31)(H,35,36)(H,32,33,34). The minimum absolute atomic E-state index is 0.173. The van der Waals surface area contributed by atoms with E-state index in [2.05, 4.69) is 32.1 Å². The molecule has 2 unspecified atom stereocenters. The van der Waals surface area contributed by atoms with Gasteiger partial charge in [0.25, 0.3) is 0 Å². The average molecular weight is 482 g/mol. The van der Waals surface area contributed by atoms with Crippen molar-refractivity contribution in [2.45, 2.75) is 31.7 Å². The number of hydrogen-bond acceptors (Lipinski definition) is 5. The van der Waals surface area contributed by atoms with E-state index in [0.29, 0.717) is 33.9 Å². The summed E-state index contributed by atoms with van der Waals surface area (Å²) in [4.78, 5) is 28.7. The molecule has 7 nitrogen and oxygen atoms in total. The first-order valence-corrected chi connectivity index (χ1v) is 12.1. The van der Waals surface area contributed by atoms with E-state index in [9.17, 15) is 14.3 Å². The molecule has 3 N–H and O–H groups in total. The zero-order valence-corrected chi connectivity index (χ0v) is 19.4. The molecule has 180 valence electrons. The zero-order chi connectivity index (χ0) is 24.6. The summed E-state index contributed by atoms with van der Waals surface area (Å²) in [6.45, 7) is 0. The molecule has 3 aliphatic carbocycles. The van der Waals surface area contributed by atoms with E-state index in [1.165, 1.54) is 6.07 Å². The molecule has 3 fully saturated rings. The van der Waals surface area contributed by atoms with Gasteiger partial charge in [-0.15, -0.1) is 0 Å². The van der Waals surface area contributed by atoms with E-state index in [0.717, 1.165) is 37.4 Å². The van der Waals surface area contributed by atoms with Crippen molar-refractivity contribution in [2.75, 3.05) is 5.32 Å². The fourth-order valence-corrected chi connectivity index (χ4v) is 5.71. The molecule has 3 heterocycles. The summed E-state index contributed by atoms with van der Waals surface area (Å²) in [6.07, 6.45) is 6.79. The molecule has 0 radical (unpaired) electrons. The van der Waals surface area contributed by atoms with Crippen molar-refractivity contribution in [1.82, 2.24) is 19.9 Å². The van der Waals surface area contributed by atoms with Crippen LogP contribution in [0.25, 0.3) is 22.4 Å². The number of carboxylic acid groups (broad SMARTS) is 1. The zero-order valence-electron chi connectivity index (χ0n) is 19.4. The van der Waals surface area contributed by atoms with Crippen LogP contribution in [0.4, 0.5) is 10.2 Å². The van der Waals surface area contributed by atoms with E-state index in [4.69, 9.17) is 4.98 Å². The number of halogens is 1. The third-order valence-electron chi connectivity index (χ3n) is 7.39. The van der Waals surface area contributed by atoms with E-state index in [1.807, 2.05) is 30.3 Å². The Bertz CT molecular complexity index is 1500. The highest BCUT2D eigenvalue weighted by Crippen LogP contribution is 2.46. The van der Waals surface area contributed by atoms with Gasteiger partial charge in [-0.2, -0.15) is 0 Å². The van der Waals surface area contributed by atoms with Crippen LogP contribution in [0, 0.1) is 35.4 Å². The maximum absolute atomic E-state index is 14.0. The van der Waals surface area contributed by atoms with Gasteiger partial charge in [-0.1, -0.05) is 24.1 Å². The summed E-state index contributed by atoms with van der Waals surface area (Å²) in [5.41, 5.74) is 2.46. The Morgan fingerprint density at radius 1 is 1.06 bits per heavy atom. The second kappa shape index (κ2) is 9.08. The number of rotatable bonds is 4. The molecule has 0 spiro atoms. The molecule has 4 aromatic rings. The van der Waals surface area contributed by atoms with Gasteiger partial charge in [0.1, 0.15) is 23.0 Å². The van der Waals surface area contributed by atoms with Gasteiger partial charge in [-0.25, -0.2) is 19.3 Å². The molecule has 36 heavy (non-hydrogen) atoms. The molecule has 0 aliphatic heterocycles. The van der Waals surface area contributed by atoms with Crippen LogP contribution in [-0.2, 0) is 4.79 Å². The van der Waals surface area contributed by atoms with Gasteiger partial charge in [-0.3, -0.25) is 4.79 Å². The molecule has 3 aliphatic rings. The Balaban J connectivity index is 1.43. The number of aliphatic carboxylic acids is 1. The highest BCUT2D eigenvalue weighted by atomic mass is 19.1. The largest absolute Gasteiger partial charge is 0.481 e. The Morgan fingerprint density at radius 2 is 1.83 bits per heavy atom. The van der Waals surface area contributed by atoms with Gasteiger partial charge < -0.3 is 15.4 Å². The van der Waals surface area contributed by atoms with Crippen molar-refractivity contribution in [3.63, 3.8) is 0 Å². The fourth-order valence-electron chi connectivity index (χ4n) is 5.71. The van der Waals surface area contributed by atoms with Crippen molar-refractivity contribution in [3.05, 3.63) is 71.9 Å². The van der Waals surface area contributed by atoms with Gasteiger partial charge in [0.05, 0.1) is 12.1 Å². The van der Waals surface area contributed by atoms with Crippen LogP contribution in [0.3, 0.4) is 0 Å². The van der Waals surface area contributed by atoms with Gasteiger partial charge in [-0.05, 0) is 61.6 Å². The van der Waals surface area contributed by atoms with Gasteiger partial charge in [0.2, 0.25) is 0 Å². The number of fused-ring (bicyclic) bond motifs is 4. The topological polar surface area (TPSA) is 104 Å². The van der Waals surface area contributed by atoms with Gasteiger partial charge in [0, 0.05) is 34.8 Å². The number of carboxylic acids is 1. The summed E-state index contributed by atoms with van der Waals surface area (Å²) in [7, 11) is 0. The molecule has 2 atom stereocenters. The first-order chi connectivity index (χ1) is 17.5. The summed E-state index contributed by atoms with van der Waals surface area (Å²) in [6, 6.07) is 12.5. The molecule has 1 aromatic carbocycles. The normalized spacial score (nSPS) is 22.7. The van der Waals surface area contributed by atoms with Crippen molar-refractivity contribution in [1.29, 1.82) is 0 Å². The van der Waals surface area contributed by atoms with E-state index < -0.39 is 17.7 Å². The van der Waals surface area contributed by atoms with Crippen LogP contribution in [0.15, 0.2) is 54.9 Å². The monoisotopic (exact) mass is 481 g/mol. The van der Waals surface area contributed by atoms with Crippen LogP contribution in [-0.4, -0.2) is 37.1 Å². The van der Waals surface area contributed by atoms with Gasteiger partial charge in [0.15, 0.2) is 5.82 Å². The molecule has 0 saturated heterocycles. The summed E-state index contributed by atoms with van der Waals surface area (Å²) < 4.78 is 14.0. The number of nitrogens with one attached hydrogen (secondary N) is 2. The maximum atomic E-state index is 14.0. The quantitative estimate of drug-likeness (QED) is 0.360. The van der Waals surface area contributed by atoms with Crippen LogP contribution in [0.2, 0.25) is 0 Å². The second-order valence-electron chi connectivity index (χ2n) is 9.54. The fraction of sp³-hybridized carbons (Fsp3) is 0.286. The lowest BCUT2D eigenvalue weighted by atomic mass is 9.61. The lowest BCUT2D eigenvalue weighted by molar-refractivity contribution is -0.148. The molecular weight excluding hydrogens is 457 g/mol. The minimum Gasteiger partial charge on any atom is -0.481 e. The Labute approximate surface area is 207 Å². The molecule has 3 saturated carbocycles. The van der Waals surface area contributed by atoms with Gasteiger partial charge >= 0.3 is 5.97 Å². The van der Waals surface area contributed by atoms with E-state index in [-0.39, 0.29) is 17.9 Å². The third-order valence-corrected chi connectivity index (χ3v) is 7.39. The number of aromatic nitrogens is 4. The van der Waals surface area contributed by atoms with Crippen molar-refractivity contribution >= 4 is 22.8 Å².